The number of carboxylic acid groups (broad SMARTS) is 1. The Morgan fingerprint density at radius 2 is 1.55 bits per heavy atom. The highest BCUT2D eigenvalue weighted by atomic mass is 16.5. The summed E-state index contributed by atoms with van der Waals surface area (Å²) in [5, 5.41) is 9.11. The van der Waals surface area contributed by atoms with Crippen LogP contribution < -0.4 is 14.4 Å². The Hall–Kier alpha value is -3.51. The van der Waals surface area contributed by atoms with E-state index in [9.17, 15) is 4.79 Å². The zero-order chi connectivity index (χ0) is 20.2. The van der Waals surface area contributed by atoms with Crippen molar-refractivity contribution in [3.63, 3.8) is 0 Å². The highest BCUT2D eigenvalue weighted by Gasteiger charge is 2.24. The van der Waals surface area contributed by atoms with Crippen LogP contribution in [0, 0.1) is 0 Å². The van der Waals surface area contributed by atoms with Gasteiger partial charge in [0, 0.05) is 13.5 Å². The molecule has 0 aromatic heterocycles. The van der Waals surface area contributed by atoms with Crippen LogP contribution in [0.2, 0.25) is 0 Å². The Morgan fingerprint density at radius 3 is 2.10 bits per heavy atom. The van der Waals surface area contributed by atoms with Gasteiger partial charge in [-0.3, -0.25) is 0 Å². The van der Waals surface area contributed by atoms with Crippen LogP contribution in [0.15, 0.2) is 72.8 Å². The fraction of sp³-hybridized carbons (Fsp3) is 0.174. The molecule has 0 saturated carbocycles. The molecule has 0 saturated heterocycles. The van der Waals surface area contributed by atoms with Gasteiger partial charge in [0.25, 0.3) is 0 Å². The fourth-order valence-electron chi connectivity index (χ4n) is 3.27. The van der Waals surface area contributed by atoms with Crippen molar-refractivity contribution in [2.24, 2.45) is 0 Å². The molecule has 1 heterocycles. The summed E-state index contributed by atoms with van der Waals surface area (Å²) in [6.45, 7) is 0.312. The van der Waals surface area contributed by atoms with Crippen molar-refractivity contribution in [1.29, 1.82) is 0 Å². The van der Waals surface area contributed by atoms with Crippen molar-refractivity contribution in [3.05, 3.63) is 78.4 Å². The number of aliphatic carboxylic acids is 1. The van der Waals surface area contributed by atoms with Gasteiger partial charge in [0.05, 0.1) is 11.4 Å². The first-order chi connectivity index (χ1) is 14.2. The summed E-state index contributed by atoms with van der Waals surface area (Å²) in [6.07, 6.45) is -0.556. The van der Waals surface area contributed by atoms with E-state index in [2.05, 4.69) is 4.90 Å². The average molecular weight is 391 g/mol. The van der Waals surface area contributed by atoms with E-state index in [4.69, 9.17) is 19.3 Å². The molecule has 3 aromatic rings. The van der Waals surface area contributed by atoms with Crippen molar-refractivity contribution >= 4 is 17.3 Å². The number of anilines is 2. The summed E-state index contributed by atoms with van der Waals surface area (Å²) in [5.41, 5.74) is 2.74. The Bertz CT molecular complexity index is 957. The van der Waals surface area contributed by atoms with Gasteiger partial charge in [0.1, 0.15) is 5.75 Å². The molecule has 0 radical (unpaired) electrons. The molecule has 1 aliphatic heterocycles. The summed E-state index contributed by atoms with van der Waals surface area (Å²) in [4.78, 5) is 13.2. The highest BCUT2D eigenvalue weighted by Crippen LogP contribution is 2.46. The number of ether oxygens (including phenoxy) is 3. The lowest BCUT2D eigenvalue weighted by Gasteiger charge is -2.32. The summed E-state index contributed by atoms with van der Waals surface area (Å²) < 4.78 is 17.0. The Balaban J connectivity index is 1.49. The van der Waals surface area contributed by atoms with Crippen LogP contribution in [0.1, 0.15) is 5.56 Å². The molecule has 4 rings (SSSR count). The lowest BCUT2D eigenvalue weighted by molar-refractivity contribution is -0.148. The van der Waals surface area contributed by atoms with E-state index in [0.717, 1.165) is 28.4 Å². The number of rotatable bonds is 7. The molecule has 0 bridgehead atoms. The second kappa shape index (κ2) is 8.24. The van der Waals surface area contributed by atoms with E-state index >= 15 is 0 Å². The maximum Gasteiger partial charge on any atom is 0.333 e. The number of carboxylic acids is 1. The summed E-state index contributed by atoms with van der Waals surface area (Å²) in [6, 6.07) is 23.0. The second-order valence-electron chi connectivity index (χ2n) is 6.65. The van der Waals surface area contributed by atoms with Gasteiger partial charge < -0.3 is 24.2 Å². The topological polar surface area (TPSA) is 68.2 Å². The zero-order valence-corrected chi connectivity index (χ0v) is 15.9. The second-order valence-corrected chi connectivity index (χ2v) is 6.65. The quantitative estimate of drug-likeness (QED) is 0.634. The summed E-state index contributed by atoms with van der Waals surface area (Å²) in [7, 11) is 1.40. The molecule has 0 aliphatic carbocycles. The third-order valence-corrected chi connectivity index (χ3v) is 4.80. The monoisotopic (exact) mass is 391 g/mol. The molecule has 6 heteroatoms. The Labute approximate surface area is 168 Å². The minimum Gasteiger partial charge on any atom is -0.479 e. The van der Waals surface area contributed by atoms with Crippen molar-refractivity contribution in [2.45, 2.75) is 12.5 Å². The molecule has 0 amide bonds. The number of fused-ring (bicyclic) bond motifs is 2. The van der Waals surface area contributed by atoms with Gasteiger partial charge in [-0.05, 0) is 42.0 Å². The minimum absolute atomic E-state index is 0.302. The SMILES string of the molecule is COC(Cc1ccc(OCN2c3ccccc3Oc3ccccc32)cc1)C(=O)O. The number of nitrogens with zero attached hydrogens (tertiary/aromatic N) is 1. The molecule has 29 heavy (non-hydrogen) atoms. The van der Waals surface area contributed by atoms with Crippen LogP contribution in [0.25, 0.3) is 0 Å². The first kappa shape index (κ1) is 18.8. The lowest BCUT2D eigenvalue weighted by atomic mass is 10.1. The summed E-state index contributed by atoms with van der Waals surface area (Å²) >= 11 is 0. The summed E-state index contributed by atoms with van der Waals surface area (Å²) in [5.74, 6) is 1.28. The van der Waals surface area contributed by atoms with Crippen LogP contribution in [0.4, 0.5) is 11.4 Å². The van der Waals surface area contributed by atoms with Crippen molar-refractivity contribution in [3.8, 4) is 17.2 Å². The van der Waals surface area contributed by atoms with E-state index in [1.54, 1.807) is 0 Å². The van der Waals surface area contributed by atoms with E-state index in [-0.39, 0.29) is 0 Å². The van der Waals surface area contributed by atoms with Crippen LogP contribution in [-0.2, 0) is 16.0 Å². The molecule has 0 fully saturated rings. The zero-order valence-electron chi connectivity index (χ0n) is 15.9. The highest BCUT2D eigenvalue weighted by molar-refractivity contribution is 5.77. The van der Waals surface area contributed by atoms with E-state index in [1.165, 1.54) is 7.11 Å². The number of benzene rings is 3. The molecular formula is C23H21NO5. The average Bonchev–Trinajstić information content (AvgIpc) is 2.75. The molecule has 0 spiro atoms. The van der Waals surface area contributed by atoms with Gasteiger partial charge in [-0.1, -0.05) is 36.4 Å². The molecule has 1 aliphatic rings. The molecule has 6 nitrogen and oxygen atoms in total. The molecule has 148 valence electrons. The lowest BCUT2D eigenvalue weighted by Crippen LogP contribution is -2.26. The van der Waals surface area contributed by atoms with Gasteiger partial charge in [0.2, 0.25) is 0 Å². The molecular weight excluding hydrogens is 370 g/mol. The van der Waals surface area contributed by atoms with Crippen LogP contribution in [-0.4, -0.2) is 31.0 Å². The van der Waals surface area contributed by atoms with Gasteiger partial charge in [-0.15, -0.1) is 0 Å². The number of hydrogen-bond donors (Lipinski definition) is 1. The van der Waals surface area contributed by atoms with Crippen LogP contribution in [0.5, 0.6) is 17.2 Å². The molecule has 1 unspecified atom stereocenters. The normalized spacial score (nSPS) is 13.1. The fourth-order valence-corrected chi connectivity index (χ4v) is 3.27. The van der Waals surface area contributed by atoms with Gasteiger partial charge in [-0.2, -0.15) is 0 Å². The van der Waals surface area contributed by atoms with Crippen molar-refractivity contribution in [1.82, 2.24) is 0 Å². The number of para-hydroxylation sites is 4. The Morgan fingerprint density at radius 1 is 0.966 bits per heavy atom. The third-order valence-electron chi connectivity index (χ3n) is 4.80. The largest absolute Gasteiger partial charge is 0.479 e. The number of methoxy groups -OCH3 is 1. The predicted octanol–water partition coefficient (Wildman–Crippen LogP) is 4.61. The molecule has 1 N–H and O–H groups in total. The van der Waals surface area contributed by atoms with E-state index < -0.39 is 12.1 Å². The molecule has 3 aromatic carbocycles. The maximum absolute atomic E-state index is 11.1. The van der Waals surface area contributed by atoms with Crippen molar-refractivity contribution < 1.29 is 24.1 Å². The molecule has 1 atom stereocenters. The minimum atomic E-state index is -0.975. The van der Waals surface area contributed by atoms with Crippen LogP contribution in [0.3, 0.4) is 0 Å². The van der Waals surface area contributed by atoms with Gasteiger partial charge >= 0.3 is 5.97 Å². The Kier molecular flexibility index (Phi) is 5.35. The van der Waals surface area contributed by atoms with Crippen molar-refractivity contribution in [2.75, 3.05) is 18.7 Å². The van der Waals surface area contributed by atoms with Gasteiger partial charge in [-0.25, -0.2) is 4.79 Å². The van der Waals surface area contributed by atoms with Gasteiger partial charge in [0.15, 0.2) is 24.3 Å². The number of hydrogen-bond acceptors (Lipinski definition) is 5. The first-order valence-electron chi connectivity index (χ1n) is 9.26. The maximum atomic E-state index is 11.1. The standard InChI is InChI=1S/C23H21NO5/c1-27-22(23(25)26)14-16-10-12-17(13-11-16)28-15-24-18-6-2-4-8-20(18)29-21-9-5-3-7-19(21)24/h2-13,22H,14-15H2,1H3,(H,25,26). The smallest absolute Gasteiger partial charge is 0.333 e. The van der Waals surface area contributed by atoms with E-state index in [0.29, 0.717) is 18.9 Å². The third kappa shape index (κ3) is 4.02. The van der Waals surface area contributed by atoms with E-state index in [1.807, 2.05) is 72.8 Å². The number of carbonyl (C=O) groups is 1. The first-order valence-corrected chi connectivity index (χ1v) is 9.26. The van der Waals surface area contributed by atoms with Crippen LogP contribution >= 0.6 is 0 Å². The predicted molar refractivity (Wildman–Crippen MR) is 109 cm³/mol.